The smallest absolute Gasteiger partial charge is 0.230 e. The van der Waals surface area contributed by atoms with Gasteiger partial charge in [0.05, 0.1) is 5.75 Å². The van der Waals surface area contributed by atoms with E-state index in [-0.39, 0.29) is 5.91 Å². The molecular weight excluding hydrogens is 376 g/mol. The fourth-order valence-corrected chi connectivity index (χ4v) is 4.19. The van der Waals surface area contributed by atoms with Crippen molar-refractivity contribution in [1.82, 2.24) is 15.5 Å². The zero-order chi connectivity index (χ0) is 19.1. The lowest BCUT2D eigenvalue weighted by atomic mass is 10.1. The van der Waals surface area contributed by atoms with E-state index in [0.717, 1.165) is 32.7 Å². The Bertz CT molecular complexity index is 876. The number of aromatic nitrogens is 2. The number of aryl methyl sites for hydroxylation is 2. The van der Waals surface area contributed by atoms with Crippen LogP contribution >= 0.6 is 23.1 Å². The highest BCUT2D eigenvalue weighted by Gasteiger charge is 2.10. The van der Waals surface area contributed by atoms with Gasteiger partial charge in [0.1, 0.15) is 0 Å². The molecule has 1 amide bonds. The van der Waals surface area contributed by atoms with E-state index in [2.05, 4.69) is 58.9 Å². The standard InChI is InChI=1S/C20H22N4OS2/c1-14-7-6-8-15(2)18(14)22-19-23-24-20(27-19)26-13-17(25)21-12-11-16-9-4-3-5-10-16/h3-10H,11-13H2,1-2H3,(H,21,25)(H,22,23). The number of nitrogens with zero attached hydrogens (tertiary/aromatic N) is 2. The van der Waals surface area contributed by atoms with E-state index in [1.165, 1.54) is 28.7 Å². The van der Waals surface area contributed by atoms with Crippen LogP contribution in [0.4, 0.5) is 10.8 Å². The van der Waals surface area contributed by atoms with Crippen LogP contribution in [0.1, 0.15) is 16.7 Å². The van der Waals surface area contributed by atoms with Crippen LogP contribution in [-0.4, -0.2) is 28.4 Å². The van der Waals surface area contributed by atoms with Gasteiger partial charge in [0.15, 0.2) is 4.34 Å². The van der Waals surface area contributed by atoms with Crippen molar-refractivity contribution in [2.24, 2.45) is 0 Å². The molecule has 0 aliphatic carbocycles. The highest BCUT2D eigenvalue weighted by atomic mass is 32.2. The van der Waals surface area contributed by atoms with Gasteiger partial charge in [-0.15, -0.1) is 10.2 Å². The molecule has 0 bridgehead atoms. The minimum Gasteiger partial charge on any atom is -0.355 e. The molecule has 1 heterocycles. The Balaban J connectivity index is 1.44. The molecule has 27 heavy (non-hydrogen) atoms. The van der Waals surface area contributed by atoms with Crippen molar-refractivity contribution in [2.45, 2.75) is 24.6 Å². The molecule has 7 heteroatoms. The van der Waals surface area contributed by atoms with E-state index >= 15 is 0 Å². The highest BCUT2D eigenvalue weighted by Crippen LogP contribution is 2.30. The van der Waals surface area contributed by atoms with E-state index in [1.54, 1.807) is 0 Å². The van der Waals surface area contributed by atoms with Gasteiger partial charge in [0, 0.05) is 12.2 Å². The summed E-state index contributed by atoms with van der Waals surface area (Å²) in [6.45, 7) is 4.76. The van der Waals surface area contributed by atoms with Gasteiger partial charge in [0.2, 0.25) is 11.0 Å². The summed E-state index contributed by atoms with van der Waals surface area (Å²) >= 11 is 2.86. The third kappa shape index (κ3) is 5.80. The average molecular weight is 399 g/mol. The van der Waals surface area contributed by atoms with E-state index < -0.39 is 0 Å². The number of hydrogen-bond acceptors (Lipinski definition) is 6. The number of amides is 1. The van der Waals surface area contributed by atoms with Crippen molar-refractivity contribution in [2.75, 3.05) is 17.6 Å². The molecule has 3 rings (SSSR count). The SMILES string of the molecule is Cc1cccc(C)c1Nc1nnc(SCC(=O)NCCc2ccccc2)s1. The summed E-state index contributed by atoms with van der Waals surface area (Å²) in [7, 11) is 0. The van der Waals surface area contributed by atoms with E-state index in [1.807, 2.05) is 24.3 Å². The number of anilines is 2. The molecule has 0 aliphatic rings. The maximum Gasteiger partial charge on any atom is 0.230 e. The largest absolute Gasteiger partial charge is 0.355 e. The number of carbonyl (C=O) groups is 1. The molecular formula is C20H22N4OS2. The van der Waals surface area contributed by atoms with Crippen LogP contribution in [0.3, 0.4) is 0 Å². The Morgan fingerprint density at radius 1 is 1.04 bits per heavy atom. The van der Waals surface area contributed by atoms with Gasteiger partial charge in [-0.1, -0.05) is 71.6 Å². The predicted molar refractivity (Wildman–Crippen MR) is 113 cm³/mol. The summed E-state index contributed by atoms with van der Waals surface area (Å²) in [6, 6.07) is 16.3. The summed E-state index contributed by atoms with van der Waals surface area (Å²) in [5.74, 6) is 0.350. The second-order valence-electron chi connectivity index (χ2n) is 6.14. The van der Waals surface area contributed by atoms with Gasteiger partial charge in [-0.05, 0) is 37.0 Å². The second-order valence-corrected chi connectivity index (χ2v) is 8.34. The first kappa shape index (κ1) is 19.4. The van der Waals surface area contributed by atoms with Crippen LogP contribution in [0, 0.1) is 13.8 Å². The lowest BCUT2D eigenvalue weighted by Crippen LogP contribution is -2.27. The third-order valence-corrected chi connectivity index (χ3v) is 6.00. The number of para-hydroxylation sites is 1. The summed E-state index contributed by atoms with van der Waals surface area (Å²) in [4.78, 5) is 12.0. The number of hydrogen-bond donors (Lipinski definition) is 2. The maximum absolute atomic E-state index is 12.0. The second kappa shape index (κ2) is 9.53. The van der Waals surface area contributed by atoms with Crippen molar-refractivity contribution in [3.8, 4) is 0 Å². The number of nitrogens with one attached hydrogen (secondary N) is 2. The topological polar surface area (TPSA) is 66.9 Å². The Morgan fingerprint density at radius 3 is 2.52 bits per heavy atom. The van der Waals surface area contributed by atoms with Gasteiger partial charge in [-0.25, -0.2) is 0 Å². The van der Waals surface area contributed by atoms with Crippen molar-refractivity contribution < 1.29 is 4.79 Å². The van der Waals surface area contributed by atoms with E-state index in [4.69, 9.17) is 0 Å². The van der Waals surface area contributed by atoms with E-state index in [9.17, 15) is 4.79 Å². The molecule has 5 nitrogen and oxygen atoms in total. The van der Waals surface area contributed by atoms with Gasteiger partial charge in [-0.3, -0.25) is 4.79 Å². The summed E-state index contributed by atoms with van der Waals surface area (Å²) < 4.78 is 0.780. The third-order valence-electron chi connectivity index (χ3n) is 4.02. The zero-order valence-corrected chi connectivity index (χ0v) is 17.0. The lowest BCUT2D eigenvalue weighted by Gasteiger charge is -2.09. The van der Waals surface area contributed by atoms with Crippen LogP contribution < -0.4 is 10.6 Å². The molecule has 1 aromatic heterocycles. The Morgan fingerprint density at radius 2 is 1.78 bits per heavy atom. The minimum absolute atomic E-state index is 0.00962. The molecule has 0 saturated heterocycles. The van der Waals surface area contributed by atoms with Crippen molar-refractivity contribution in [3.05, 3.63) is 65.2 Å². The molecule has 2 aromatic carbocycles. The molecule has 3 aromatic rings. The van der Waals surface area contributed by atoms with Crippen molar-refractivity contribution in [3.63, 3.8) is 0 Å². The van der Waals surface area contributed by atoms with Crippen LogP contribution in [0.5, 0.6) is 0 Å². The minimum atomic E-state index is 0.00962. The first-order chi connectivity index (χ1) is 13.1. The van der Waals surface area contributed by atoms with E-state index in [0.29, 0.717) is 12.3 Å². The summed E-state index contributed by atoms with van der Waals surface area (Å²) in [5, 5.41) is 15.4. The Labute approximate surface area is 167 Å². The van der Waals surface area contributed by atoms with Gasteiger partial charge < -0.3 is 10.6 Å². The first-order valence-electron chi connectivity index (χ1n) is 8.72. The fourth-order valence-electron chi connectivity index (χ4n) is 2.61. The normalized spacial score (nSPS) is 10.6. The molecule has 0 atom stereocenters. The molecule has 0 unspecified atom stereocenters. The van der Waals surface area contributed by atoms with Crippen LogP contribution in [0.15, 0.2) is 52.9 Å². The summed E-state index contributed by atoms with van der Waals surface area (Å²) in [6.07, 6.45) is 0.833. The van der Waals surface area contributed by atoms with Gasteiger partial charge >= 0.3 is 0 Å². The van der Waals surface area contributed by atoms with Crippen molar-refractivity contribution in [1.29, 1.82) is 0 Å². The number of rotatable bonds is 8. The molecule has 0 fully saturated rings. The molecule has 140 valence electrons. The fraction of sp³-hybridized carbons (Fsp3) is 0.250. The monoisotopic (exact) mass is 398 g/mol. The molecule has 0 saturated carbocycles. The Hall–Kier alpha value is -2.38. The quantitative estimate of drug-likeness (QED) is 0.552. The van der Waals surface area contributed by atoms with Crippen LogP contribution in [0.2, 0.25) is 0 Å². The first-order valence-corrected chi connectivity index (χ1v) is 10.5. The average Bonchev–Trinajstić information content (AvgIpc) is 3.12. The number of thioether (sulfide) groups is 1. The lowest BCUT2D eigenvalue weighted by molar-refractivity contribution is -0.118. The highest BCUT2D eigenvalue weighted by molar-refractivity contribution is 8.01. The number of benzene rings is 2. The van der Waals surface area contributed by atoms with Gasteiger partial charge in [0.25, 0.3) is 0 Å². The molecule has 2 N–H and O–H groups in total. The number of carbonyl (C=O) groups excluding carboxylic acids is 1. The van der Waals surface area contributed by atoms with Crippen LogP contribution in [-0.2, 0) is 11.2 Å². The molecule has 0 radical (unpaired) electrons. The maximum atomic E-state index is 12.0. The molecule has 0 spiro atoms. The summed E-state index contributed by atoms with van der Waals surface area (Å²) in [5.41, 5.74) is 4.61. The predicted octanol–water partition coefficient (Wildman–Crippen LogP) is 4.35. The Kier molecular flexibility index (Phi) is 6.84. The molecule has 0 aliphatic heterocycles. The zero-order valence-electron chi connectivity index (χ0n) is 15.4. The van der Waals surface area contributed by atoms with Gasteiger partial charge in [-0.2, -0.15) is 0 Å². The van der Waals surface area contributed by atoms with Crippen molar-refractivity contribution >= 4 is 39.8 Å². The van der Waals surface area contributed by atoms with Crippen LogP contribution in [0.25, 0.3) is 0 Å².